The minimum atomic E-state index is -5.70. The molecule has 97 heavy (non-hydrogen) atoms. The number of nitrogen functional groups attached to an aromatic ring is 1. The van der Waals surface area contributed by atoms with Crippen LogP contribution in [0.4, 0.5) is 17.2 Å². The van der Waals surface area contributed by atoms with Gasteiger partial charge < -0.3 is 54.9 Å². The van der Waals surface area contributed by atoms with Crippen molar-refractivity contribution in [2.75, 3.05) is 43.4 Å². The quantitative estimate of drug-likeness (QED) is 0.0106. The second-order valence-corrected chi connectivity index (χ2v) is 32.2. The predicted octanol–water partition coefficient (Wildman–Crippen LogP) is 11.0. The van der Waals surface area contributed by atoms with Gasteiger partial charge in [0.05, 0.1) is 45.4 Å². The Balaban J connectivity index is 0.790. The Labute approximate surface area is 565 Å². The number of nitrogens with zero attached hydrogens (tertiary/aromatic N) is 5. The third-order valence-corrected chi connectivity index (χ3v) is 23.3. The number of allylic oxidation sites excluding steroid dienone is 7. The molecule has 10 N–H and O–H groups in total. The maximum absolute atomic E-state index is 12.3. The maximum Gasteiger partial charge on any atom is 0.490 e. The highest BCUT2D eigenvalue weighted by atomic mass is 32.2. The molecule has 0 saturated carbocycles. The smallest absolute Gasteiger partial charge is 0.457 e. The van der Waals surface area contributed by atoms with Crippen LogP contribution in [0.2, 0.25) is 0 Å². The van der Waals surface area contributed by atoms with E-state index >= 15 is 0 Å². The molecule has 26 nitrogen and oxygen atoms in total. The van der Waals surface area contributed by atoms with E-state index in [4.69, 9.17) is 41.7 Å². The van der Waals surface area contributed by atoms with Gasteiger partial charge >= 0.3 is 23.5 Å². The first-order valence-corrected chi connectivity index (χ1v) is 38.6. The molecule has 0 radical (unpaired) electrons. The number of phosphoric acid groups is 3. The molecule has 11 rings (SSSR count). The van der Waals surface area contributed by atoms with Crippen molar-refractivity contribution in [2.24, 2.45) is 0 Å². The molecule has 1 aliphatic carbocycles. The molecule has 4 aliphatic rings. The maximum atomic E-state index is 12.3. The number of hydrogen-bond acceptors (Lipinski definition) is 17. The fraction of sp³-hybridized carbons (Fsp3) is 0.323. The van der Waals surface area contributed by atoms with Crippen molar-refractivity contribution in [3.63, 3.8) is 0 Å². The lowest BCUT2D eigenvalue weighted by Crippen LogP contribution is -2.36. The number of benzene rings is 5. The molecular weight excluding hydrogens is 1370 g/mol. The van der Waals surface area contributed by atoms with Crippen LogP contribution in [0.15, 0.2) is 154 Å². The molecule has 1 fully saturated rings. The highest BCUT2D eigenvalue weighted by Gasteiger charge is 2.46. The number of nitrogens with two attached hydrogens (primary N) is 1. The Morgan fingerprint density at radius 3 is 2.16 bits per heavy atom. The summed E-state index contributed by atoms with van der Waals surface area (Å²) in [7, 11) is -25.5. The Hall–Kier alpha value is -7.29. The highest BCUT2D eigenvalue weighted by Crippen LogP contribution is 2.66. The second kappa shape index (κ2) is 27.4. The first-order valence-electron chi connectivity index (χ1n) is 30.8. The van der Waals surface area contributed by atoms with Crippen LogP contribution in [0.25, 0.3) is 32.6 Å². The predicted molar refractivity (Wildman–Crippen MR) is 369 cm³/mol. The van der Waals surface area contributed by atoms with Crippen molar-refractivity contribution in [2.45, 2.75) is 113 Å². The summed E-state index contributed by atoms with van der Waals surface area (Å²) in [6.45, 7) is 14.2. The molecule has 32 heteroatoms. The van der Waals surface area contributed by atoms with Crippen molar-refractivity contribution in [1.82, 2.24) is 25.2 Å². The lowest BCUT2D eigenvalue weighted by Gasteiger charge is -2.27. The van der Waals surface area contributed by atoms with Gasteiger partial charge in [-0.1, -0.05) is 62.1 Å². The summed E-state index contributed by atoms with van der Waals surface area (Å²) in [6, 6.07) is 25.1. The monoisotopic (exact) mass is 1440 g/mol. The van der Waals surface area contributed by atoms with Gasteiger partial charge in [-0.2, -0.15) is 30.0 Å². The fourth-order valence-electron chi connectivity index (χ4n) is 13.3. The summed E-state index contributed by atoms with van der Waals surface area (Å²) >= 11 is 5.61. The zero-order valence-corrected chi connectivity index (χ0v) is 58.6. The zero-order valence-electron chi connectivity index (χ0n) is 53.4. The SMILES string of the molecule is CCN1/C(=C/C=C2\CCCC(/C=C/C3=[N+](CC)c4ccc5cc(S(=O)(=O)O)ccc5c4C3(C)C)=C2Oc2ccc(CCNC(=S)NCC#Cc3cn([C@H]4CC[C@@H](COP(=O)(O)OP(=O)(O)OP(=O)(O)O)O4)c4ncnc(N)c34)cc2)C(C)(C)c2c1ccc1cc(S(=O)(=O)O)ccc21. The third kappa shape index (κ3) is 15.3. The Kier molecular flexibility index (Phi) is 20.1. The van der Waals surface area contributed by atoms with E-state index in [9.17, 15) is 49.4 Å². The van der Waals surface area contributed by atoms with Crippen molar-refractivity contribution < 1.29 is 86.4 Å². The molecule has 512 valence electrons. The number of ether oxygens (including phenoxy) is 2. The molecule has 1 saturated heterocycles. The van der Waals surface area contributed by atoms with E-state index < -0.39 is 73.5 Å². The molecular formula is C65H72N8O18P3S3+. The zero-order chi connectivity index (χ0) is 69.8. The molecule has 3 aliphatic heterocycles. The fourth-order valence-corrected chi connectivity index (χ4v) is 17.5. The van der Waals surface area contributed by atoms with E-state index in [2.05, 4.69) is 116 Å². The van der Waals surface area contributed by atoms with E-state index in [0.717, 1.165) is 86.4 Å². The number of aromatic nitrogens is 3. The minimum absolute atomic E-state index is 0.144. The molecule has 0 bridgehead atoms. The molecule has 2 unspecified atom stereocenters. The molecule has 4 atom stereocenters. The van der Waals surface area contributed by atoms with Gasteiger partial charge in [0.2, 0.25) is 5.69 Å². The van der Waals surface area contributed by atoms with Crippen LogP contribution < -0.4 is 26.0 Å². The number of nitrogens with one attached hydrogen (secondary N) is 2. The number of likely N-dealkylation sites (N-methyl/N-ethyl adjacent to an activating group) is 1. The summed E-state index contributed by atoms with van der Waals surface area (Å²) in [5.41, 5.74) is 15.3. The Morgan fingerprint density at radius 2 is 1.51 bits per heavy atom. The lowest BCUT2D eigenvalue weighted by molar-refractivity contribution is -0.433. The summed E-state index contributed by atoms with van der Waals surface area (Å²) in [4.78, 5) is 47.5. The standard InChI is InChI=1S/C65H71N8O18P3S3/c1-7-71-52-27-16-43-35-48(96(81,82)83)23-25-50(43)58(52)64(3,4)54(71)29-18-41-11-9-12-42(19-30-55-65(5,6)59-51-26-24-49(97(84,85)86)36-44(51)17-28-53(59)72(55)8-2)60(41)89-46-20-14-40(15-21-46)32-34-68-63(95)67-33-10-13-45-37-73(62-57(45)61(66)69-39-70-62)56-31-22-47(88-56)38-87-93(77,78)91-94(79,80)90-92(74,75)76/h14-21,23-30,35-37,39,47,56H,7-9,11-12,22,31-34,38H2,1-6H3,(H9-,66,67,68,69,70,74,75,76,77,78,79,80,81,82,83,84,85,86,95)/p+1/t47-,56+/m0/s1. The number of fused-ring (bicyclic) bond motifs is 7. The van der Waals surface area contributed by atoms with Crippen LogP contribution in [-0.2, 0) is 69.1 Å². The van der Waals surface area contributed by atoms with Crippen LogP contribution in [0, 0.1) is 11.8 Å². The summed E-state index contributed by atoms with van der Waals surface area (Å²) in [5, 5.41) is 10.3. The normalized spacial score (nSPS) is 20.0. The number of rotatable bonds is 21. The summed E-state index contributed by atoms with van der Waals surface area (Å²) in [6.07, 6.45) is 13.6. The number of anilines is 2. The molecule has 2 aromatic heterocycles. The van der Waals surface area contributed by atoms with E-state index in [-0.39, 0.29) is 28.6 Å². The number of thiocarbonyl (C=S) groups is 1. The molecule has 0 amide bonds. The largest absolute Gasteiger partial charge is 0.490 e. The number of phosphoric ester groups is 1. The van der Waals surface area contributed by atoms with E-state index in [1.165, 1.54) is 30.6 Å². The molecule has 7 aromatic rings. The average molecular weight is 1440 g/mol. The van der Waals surface area contributed by atoms with Gasteiger partial charge in [0.25, 0.3) is 20.2 Å². The summed E-state index contributed by atoms with van der Waals surface area (Å²) < 4.78 is 133. The van der Waals surface area contributed by atoms with Crippen LogP contribution in [-0.4, -0.2) is 114 Å². The Bertz CT molecular complexity index is 5000. The first kappa shape index (κ1) is 71.0. The van der Waals surface area contributed by atoms with Crippen LogP contribution in [0.1, 0.15) is 102 Å². The third-order valence-electron chi connectivity index (χ3n) is 17.5. The van der Waals surface area contributed by atoms with Gasteiger partial charge in [0, 0.05) is 53.8 Å². The van der Waals surface area contributed by atoms with Crippen LogP contribution >= 0.6 is 35.7 Å². The van der Waals surface area contributed by atoms with Gasteiger partial charge in [-0.25, -0.2) is 23.7 Å². The van der Waals surface area contributed by atoms with Gasteiger partial charge in [0.15, 0.2) is 10.8 Å². The Morgan fingerprint density at radius 1 is 0.825 bits per heavy atom. The van der Waals surface area contributed by atoms with Crippen molar-refractivity contribution in [3.8, 4) is 17.6 Å². The van der Waals surface area contributed by atoms with E-state index in [0.29, 0.717) is 70.7 Å². The van der Waals surface area contributed by atoms with Gasteiger partial charge in [-0.3, -0.25) is 13.6 Å². The van der Waals surface area contributed by atoms with Gasteiger partial charge in [0.1, 0.15) is 42.1 Å². The number of hydrogen-bond donors (Lipinski definition) is 9. The second-order valence-electron chi connectivity index (χ2n) is 24.5. The topological polar surface area (TPSA) is 374 Å². The van der Waals surface area contributed by atoms with Crippen molar-refractivity contribution in [1.29, 1.82) is 0 Å². The summed E-state index contributed by atoms with van der Waals surface area (Å²) in [5.74, 6) is 7.65. The van der Waals surface area contributed by atoms with Gasteiger partial charge in [-0.15, -0.1) is 0 Å². The van der Waals surface area contributed by atoms with E-state index in [1.807, 2.05) is 48.5 Å². The van der Waals surface area contributed by atoms with Gasteiger partial charge in [-0.05, 0) is 183 Å². The van der Waals surface area contributed by atoms with Crippen molar-refractivity contribution in [3.05, 3.63) is 167 Å². The van der Waals surface area contributed by atoms with Crippen LogP contribution in [0.3, 0.4) is 0 Å². The van der Waals surface area contributed by atoms with Crippen LogP contribution in [0.5, 0.6) is 5.75 Å². The molecule has 5 aromatic carbocycles. The average Bonchev–Trinajstić information content (AvgIpc) is 1.57. The minimum Gasteiger partial charge on any atom is -0.457 e. The van der Waals surface area contributed by atoms with Crippen molar-refractivity contribution >= 4 is 117 Å². The van der Waals surface area contributed by atoms with E-state index in [1.54, 1.807) is 22.9 Å². The highest BCUT2D eigenvalue weighted by molar-refractivity contribution is 7.86. The first-order chi connectivity index (χ1) is 45.7. The lowest BCUT2D eigenvalue weighted by atomic mass is 9.78. The molecule has 0 spiro atoms. The molecule has 5 heterocycles.